The predicted octanol–water partition coefficient (Wildman–Crippen LogP) is 3.09. The minimum Gasteiger partial charge on any atom is -0.364 e. The number of allylic oxidation sites excluding steroid dienone is 4. The lowest BCUT2D eigenvalue weighted by Crippen LogP contribution is -2.00. The second kappa shape index (κ2) is 5.58. The van der Waals surface area contributed by atoms with Crippen LogP contribution in [0, 0.1) is 0 Å². The maximum atomic E-state index is 13.5. The fourth-order valence-electron chi connectivity index (χ4n) is 1.88. The van der Waals surface area contributed by atoms with Crippen LogP contribution in [0.3, 0.4) is 0 Å². The Hall–Kier alpha value is -2.27. The van der Waals surface area contributed by atoms with Gasteiger partial charge in [0, 0.05) is 24.3 Å². The van der Waals surface area contributed by atoms with Crippen LogP contribution < -0.4 is 0 Å². The molecule has 5 heteroatoms. The molecule has 0 amide bonds. The zero-order chi connectivity index (χ0) is 13.8. The van der Waals surface area contributed by atoms with Crippen LogP contribution in [0.25, 0.3) is 16.6 Å². The molecule has 2 aromatic heterocycles. The molecule has 2 aromatic rings. The molecule has 0 fully saturated rings. The minimum absolute atomic E-state index is 0.303. The van der Waals surface area contributed by atoms with E-state index in [1.165, 1.54) is 18.5 Å². The summed E-state index contributed by atoms with van der Waals surface area (Å²) < 4.78 is 20.4. The summed E-state index contributed by atoms with van der Waals surface area (Å²) in [4.78, 5) is 8.33. The molecular weight excluding hydrogens is 245 g/mol. The number of nitrogens with zero attached hydrogens (tertiary/aromatic N) is 3. The molecule has 0 bridgehead atoms. The normalized spacial score (nSPS) is 11.8. The molecule has 2 heterocycles. The Morgan fingerprint density at radius 1 is 1.53 bits per heavy atom. The second-order valence-corrected chi connectivity index (χ2v) is 3.88. The highest BCUT2D eigenvalue weighted by molar-refractivity contribution is 5.92. The molecule has 0 saturated carbocycles. The molecule has 0 spiro atoms. The topological polar surface area (TPSA) is 39.9 Å². The van der Waals surface area contributed by atoms with Crippen LogP contribution >= 0.6 is 0 Å². The Labute approximate surface area is 110 Å². The molecule has 0 atom stereocenters. The summed E-state index contributed by atoms with van der Waals surface area (Å²) in [5.41, 5.74) is 1.48. The quantitative estimate of drug-likeness (QED) is 0.775. The van der Waals surface area contributed by atoms with Gasteiger partial charge in [0.2, 0.25) is 0 Å². The third-order valence-electron chi connectivity index (χ3n) is 2.66. The van der Waals surface area contributed by atoms with Crippen molar-refractivity contribution in [2.45, 2.75) is 6.73 Å². The van der Waals surface area contributed by atoms with E-state index in [1.54, 1.807) is 7.11 Å². The van der Waals surface area contributed by atoms with Crippen LogP contribution in [-0.2, 0) is 11.5 Å². The van der Waals surface area contributed by atoms with Gasteiger partial charge in [-0.05, 0) is 6.07 Å². The Kier molecular flexibility index (Phi) is 3.87. The highest BCUT2D eigenvalue weighted by Crippen LogP contribution is 2.27. The van der Waals surface area contributed by atoms with Crippen LogP contribution in [0.4, 0.5) is 4.39 Å². The number of hydrogen-bond donors (Lipinski definition) is 0. The van der Waals surface area contributed by atoms with Crippen molar-refractivity contribution in [1.82, 2.24) is 14.5 Å². The number of aromatic nitrogens is 3. The van der Waals surface area contributed by atoms with Crippen molar-refractivity contribution < 1.29 is 9.13 Å². The molecule has 2 rings (SSSR count). The first kappa shape index (κ1) is 13.2. The Morgan fingerprint density at radius 2 is 2.32 bits per heavy atom. The van der Waals surface area contributed by atoms with E-state index in [9.17, 15) is 4.39 Å². The lowest BCUT2D eigenvalue weighted by atomic mass is 10.1. The van der Waals surface area contributed by atoms with Gasteiger partial charge >= 0.3 is 0 Å². The third kappa shape index (κ3) is 2.46. The van der Waals surface area contributed by atoms with E-state index in [0.717, 1.165) is 5.39 Å². The fraction of sp³-hybridized carbons (Fsp3) is 0.143. The average Bonchev–Trinajstić information content (AvgIpc) is 2.80. The van der Waals surface area contributed by atoms with E-state index in [-0.39, 0.29) is 0 Å². The number of halogens is 1. The van der Waals surface area contributed by atoms with Crippen molar-refractivity contribution in [3.05, 3.63) is 55.4 Å². The zero-order valence-corrected chi connectivity index (χ0v) is 10.6. The number of methoxy groups -OCH3 is 1. The maximum absolute atomic E-state index is 13.5. The lowest BCUT2D eigenvalue weighted by molar-refractivity contribution is 0.134. The van der Waals surface area contributed by atoms with Gasteiger partial charge in [0.15, 0.2) is 0 Å². The summed E-state index contributed by atoms with van der Waals surface area (Å²) in [6.07, 6.45) is 6.25. The van der Waals surface area contributed by atoms with Crippen molar-refractivity contribution in [3.63, 3.8) is 0 Å². The van der Waals surface area contributed by atoms with Crippen molar-refractivity contribution in [3.8, 4) is 0 Å². The monoisotopic (exact) mass is 259 g/mol. The Balaban J connectivity index is 2.64. The summed E-state index contributed by atoms with van der Waals surface area (Å²) in [5.74, 6) is -0.556. The van der Waals surface area contributed by atoms with E-state index in [4.69, 9.17) is 4.74 Å². The molecule has 0 saturated heterocycles. The van der Waals surface area contributed by atoms with E-state index in [1.807, 2.05) is 16.8 Å². The molecule has 19 heavy (non-hydrogen) atoms. The fourth-order valence-corrected chi connectivity index (χ4v) is 1.88. The second-order valence-electron chi connectivity index (χ2n) is 3.88. The first-order valence-corrected chi connectivity index (χ1v) is 5.65. The van der Waals surface area contributed by atoms with E-state index in [0.29, 0.717) is 23.6 Å². The summed E-state index contributed by atoms with van der Waals surface area (Å²) in [6.45, 7) is 7.27. The molecular formula is C14H14FN3O. The van der Waals surface area contributed by atoms with Crippen molar-refractivity contribution in [2.24, 2.45) is 0 Å². The molecule has 98 valence electrons. The SMILES string of the molecule is C=C/C=C(\C(=C)F)c1ncnc2c1ccn2COC. The molecule has 0 aliphatic carbocycles. The number of rotatable bonds is 5. The number of ether oxygens (including phenoxy) is 1. The molecule has 0 radical (unpaired) electrons. The summed E-state index contributed by atoms with van der Waals surface area (Å²) in [7, 11) is 1.60. The Bertz CT molecular complexity index is 658. The van der Waals surface area contributed by atoms with E-state index in [2.05, 4.69) is 23.1 Å². The van der Waals surface area contributed by atoms with Gasteiger partial charge in [-0.15, -0.1) is 0 Å². The van der Waals surface area contributed by atoms with Crippen LogP contribution in [0.1, 0.15) is 5.69 Å². The summed E-state index contributed by atoms with van der Waals surface area (Å²) in [5, 5.41) is 0.742. The van der Waals surface area contributed by atoms with Crippen LogP contribution in [-0.4, -0.2) is 21.6 Å². The van der Waals surface area contributed by atoms with Crippen LogP contribution in [0.15, 0.2) is 49.7 Å². The highest BCUT2D eigenvalue weighted by atomic mass is 19.1. The van der Waals surface area contributed by atoms with Gasteiger partial charge in [0.05, 0.1) is 5.69 Å². The molecule has 0 unspecified atom stereocenters. The first-order valence-electron chi connectivity index (χ1n) is 5.65. The van der Waals surface area contributed by atoms with Crippen LogP contribution in [0.2, 0.25) is 0 Å². The van der Waals surface area contributed by atoms with Gasteiger partial charge in [0.1, 0.15) is 24.5 Å². The minimum atomic E-state index is -0.556. The summed E-state index contributed by atoms with van der Waals surface area (Å²) in [6, 6.07) is 1.82. The molecule has 0 aliphatic rings. The van der Waals surface area contributed by atoms with Gasteiger partial charge in [-0.25, -0.2) is 14.4 Å². The van der Waals surface area contributed by atoms with Gasteiger partial charge in [0.25, 0.3) is 0 Å². The van der Waals surface area contributed by atoms with Crippen LogP contribution in [0.5, 0.6) is 0 Å². The van der Waals surface area contributed by atoms with E-state index >= 15 is 0 Å². The van der Waals surface area contributed by atoms with Crippen molar-refractivity contribution in [1.29, 1.82) is 0 Å². The van der Waals surface area contributed by atoms with Gasteiger partial charge in [-0.1, -0.05) is 25.3 Å². The predicted molar refractivity (Wildman–Crippen MR) is 73.0 cm³/mol. The average molecular weight is 259 g/mol. The first-order chi connectivity index (χ1) is 9.19. The zero-order valence-electron chi connectivity index (χ0n) is 10.6. The van der Waals surface area contributed by atoms with Gasteiger partial charge in [-0.3, -0.25) is 0 Å². The lowest BCUT2D eigenvalue weighted by Gasteiger charge is -2.06. The molecule has 0 aliphatic heterocycles. The third-order valence-corrected chi connectivity index (χ3v) is 2.66. The Morgan fingerprint density at radius 3 is 2.95 bits per heavy atom. The summed E-state index contributed by atoms with van der Waals surface area (Å²) >= 11 is 0. The highest BCUT2D eigenvalue weighted by Gasteiger charge is 2.13. The largest absolute Gasteiger partial charge is 0.364 e. The van der Waals surface area contributed by atoms with Crippen molar-refractivity contribution in [2.75, 3.05) is 7.11 Å². The van der Waals surface area contributed by atoms with E-state index < -0.39 is 5.83 Å². The van der Waals surface area contributed by atoms with Crippen molar-refractivity contribution >= 4 is 16.6 Å². The number of hydrogen-bond acceptors (Lipinski definition) is 3. The smallest absolute Gasteiger partial charge is 0.145 e. The van der Waals surface area contributed by atoms with Gasteiger partial charge < -0.3 is 9.30 Å². The standard InChI is InChI=1S/C14H14FN3O/c1-4-5-11(10(2)15)13-12-6-7-18(9-19-3)14(12)17-8-16-13/h4-8H,1-2,9H2,3H3/b11-5+. The molecule has 0 N–H and O–H groups in total. The van der Waals surface area contributed by atoms with Gasteiger partial charge in [-0.2, -0.15) is 0 Å². The molecule has 0 aromatic carbocycles. The number of fused-ring (bicyclic) bond motifs is 1. The maximum Gasteiger partial charge on any atom is 0.145 e. The molecule has 4 nitrogen and oxygen atoms in total.